The first-order valence-electron chi connectivity index (χ1n) is 8.04. The van der Waals surface area contributed by atoms with E-state index in [0.29, 0.717) is 26.1 Å². The lowest BCUT2D eigenvalue weighted by atomic mass is 10.1. The van der Waals surface area contributed by atoms with Gasteiger partial charge < -0.3 is 18.9 Å². The third-order valence-electron chi connectivity index (χ3n) is 4.20. The number of hydrogen-bond acceptors (Lipinski definition) is 7. The minimum atomic E-state index is -0.823. The molecule has 138 valence electrons. The molecule has 2 heterocycles. The summed E-state index contributed by atoms with van der Waals surface area (Å²) in [5.74, 6) is 1.46. The number of ether oxygens (including phenoxy) is 4. The first-order valence-corrected chi connectivity index (χ1v) is 8.04. The van der Waals surface area contributed by atoms with E-state index in [0.717, 1.165) is 24.5 Å². The third-order valence-corrected chi connectivity index (χ3v) is 4.20. The summed E-state index contributed by atoms with van der Waals surface area (Å²) >= 11 is 0. The number of nitrogens with zero attached hydrogens (tertiary/aromatic N) is 1. The van der Waals surface area contributed by atoms with Crippen molar-refractivity contribution in [1.29, 1.82) is 0 Å². The van der Waals surface area contributed by atoms with Crippen molar-refractivity contribution in [2.45, 2.75) is 25.0 Å². The molecule has 0 spiro atoms. The molecule has 7 nitrogen and oxygen atoms in total. The molecule has 2 aliphatic rings. The summed E-state index contributed by atoms with van der Waals surface area (Å²) < 4.78 is 21.1. The van der Waals surface area contributed by atoms with Crippen LogP contribution in [0.1, 0.15) is 12.8 Å². The van der Waals surface area contributed by atoms with Crippen molar-refractivity contribution in [3.8, 4) is 11.5 Å². The molecule has 2 aliphatic heterocycles. The first-order chi connectivity index (χ1) is 11.7. The van der Waals surface area contributed by atoms with E-state index in [2.05, 4.69) is 9.64 Å². The van der Waals surface area contributed by atoms with Gasteiger partial charge in [0.1, 0.15) is 12.7 Å². The molecule has 0 amide bonds. The quantitative estimate of drug-likeness (QED) is 0.750. The summed E-state index contributed by atoms with van der Waals surface area (Å²) in [6.07, 6.45) is -0.469. The number of hydrogen-bond donors (Lipinski definition) is 0. The molecule has 25 heavy (non-hydrogen) atoms. The molecular formula is C17H22ClNO6. The number of Topliss-reactive ketones (excluding diaryl/α,β-unsaturated/α-hetero) is 1. The second-order valence-electron chi connectivity index (χ2n) is 5.86. The van der Waals surface area contributed by atoms with Crippen LogP contribution in [-0.2, 0) is 14.3 Å². The maximum Gasteiger partial charge on any atom is 0.508 e. The van der Waals surface area contributed by atoms with Gasteiger partial charge in [0.2, 0.25) is 0 Å². The van der Waals surface area contributed by atoms with Gasteiger partial charge in [0.25, 0.3) is 0 Å². The third kappa shape index (κ3) is 4.99. The summed E-state index contributed by atoms with van der Waals surface area (Å²) in [7, 11) is 1.23. The molecule has 0 aliphatic carbocycles. The Labute approximate surface area is 152 Å². The van der Waals surface area contributed by atoms with Crippen LogP contribution < -0.4 is 9.47 Å². The number of fused-ring (bicyclic) bond motifs is 1. The Bertz CT molecular complexity index is 611. The molecule has 1 fully saturated rings. The van der Waals surface area contributed by atoms with Gasteiger partial charge in [-0.05, 0) is 12.1 Å². The number of likely N-dealkylation sites (tertiary alicyclic amines) is 1. The van der Waals surface area contributed by atoms with Gasteiger partial charge in [0, 0.05) is 32.5 Å². The highest BCUT2D eigenvalue weighted by Gasteiger charge is 2.31. The minimum Gasteiger partial charge on any atom is -0.486 e. The largest absolute Gasteiger partial charge is 0.508 e. The van der Waals surface area contributed by atoms with Crippen molar-refractivity contribution in [2.24, 2.45) is 0 Å². The van der Waals surface area contributed by atoms with Gasteiger partial charge in [-0.25, -0.2) is 4.79 Å². The Hall–Kier alpha value is -1.99. The normalized spacial score (nSPS) is 22.7. The fourth-order valence-corrected chi connectivity index (χ4v) is 2.86. The van der Waals surface area contributed by atoms with Crippen molar-refractivity contribution in [3.63, 3.8) is 0 Å². The zero-order chi connectivity index (χ0) is 16.9. The summed E-state index contributed by atoms with van der Waals surface area (Å²) in [4.78, 5) is 25.1. The Balaban J connectivity index is 0.00000225. The molecule has 0 bridgehead atoms. The fourth-order valence-electron chi connectivity index (χ4n) is 2.86. The monoisotopic (exact) mass is 371 g/mol. The van der Waals surface area contributed by atoms with Crippen LogP contribution in [0.4, 0.5) is 4.79 Å². The summed E-state index contributed by atoms with van der Waals surface area (Å²) in [6, 6.07) is 7.60. The van der Waals surface area contributed by atoms with E-state index in [1.165, 1.54) is 7.11 Å². The van der Waals surface area contributed by atoms with Gasteiger partial charge in [-0.1, -0.05) is 12.1 Å². The van der Waals surface area contributed by atoms with Gasteiger partial charge in [-0.2, -0.15) is 0 Å². The van der Waals surface area contributed by atoms with Crippen LogP contribution in [0.25, 0.3) is 0 Å². The van der Waals surface area contributed by atoms with Crippen LogP contribution >= 0.6 is 12.4 Å². The fraction of sp³-hybridized carbons (Fsp3) is 0.529. The molecule has 0 N–H and O–H groups in total. The number of halogens is 1. The molecule has 0 radical (unpaired) electrons. The highest BCUT2D eigenvalue weighted by atomic mass is 35.5. The molecule has 1 aromatic carbocycles. The summed E-state index contributed by atoms with van der Waals surface area (Å²) in [6.45, 7) is 2.29. The predicted octanol–water partition coefficient (Wildman–Crippen LogP) is 2.06. The number of carbonyl (C=O) groups excluding carboxylic acids is 2. The second-order valence-corrected chi connectivity index (χ2v) is 5.86. The van der Waals surface area contributed by atoms with E-state index in [1.807, 2.05) is 24.3 Å². The standard InChI is InChI=1S/C17H21NO6.ClH/c1-21-17(20)24-16-10-18(9-7-13(16)19)8-6-12-11-22-14-4-2-3-5-15(14)23-12;/h2-5,12,16H,6-11H2,1H3;1H. The van der Waals surface area contributed by atoms with Crippen molar-refractivity contribution >= 4 is 24.3 Å². The van der Waals surface area contributed by atoms with E-state index in [4.69, 9.17) is 14.2 Å². The van der Waals surface area contributed by atoms with Crippen LogP contribution in [0.5, 0.6) is 11.5 Å². The van der Waals surface area contributed by atoms with Crippen LogP contribution in [0.15, 0.2) is 24.3 Å². The molecule has 1 aromatic rings. The molecule has 3 rings (SSSR count). The Morgan fingerprint density at radius 2 is 2.08 bits per heavy atom. The SMILES string of the molecule is COC(=O)OC1CN(CCC2COc3ccccc3O2)CCC1=O.Cl. The lowest BCUT2D eigenvalue weighted by molar-refractivity contribution is -0.133. The zero-order valence-corrected chi connectivity index (χ0v) is 14.8. The topological polar surface area (TPSA) is 74.3 Å². The minimum absolute atomic E-state index is 0. The molecule has 2 atom stereocenters. The van der Waals surface area contributed by atoms with Crippen LogP contribution in [-0.4, -0.2) is 62.4 Å². The van der Waals surface area contributed by atoms with E-state index in [-0.39, 0.29) is 24.3 Å². The number of methoxy groups -OCH3 is 1. The molecular weight excluding hydrogens is 350 g/mol. The average molecular weight is 372 g/mol. The van der Waals surface area contributed by atoms with Crippen molar-refractivity contribution < 1.29 is 28.5 Å². The maximum absolute atomic E-state index is 11.8. The van der Waals surface area contributed by atoms with Gasteiger partial charge in [-0.3, -0.25) is 9.69 Å². The molecule has 1 saturated heterocycles. The highest BCUT2D eigenvalue weighted by Crippen LogP contribution is 2.31. The number of carbonyl (C=O) groups is 2. The summed E-state index contributed by atoms with van der Waals surface area (Å²) in [5.41, 5.74) is 0. The smallest absolute Gasteiger partial charge is 0.486 e. The highest BCUT2D eigenvalue weighted by molar-refractivity contribution is 5.86. The average Bonchev–Trinajstić information content (AvgIpc) is 2.62. The Morgan fingerprint density at radius 3 is 2.84 bits per heavy atom. The number of para-hydroxylation sites is 2. The first kappa shape index (κ1) is 19.3. The van der Waals surface area contributed by atoms with Gasteiger partial charge in [-0.15, -0.1) is 12.4 Å². The molecule has 8 heteroatoms. The number of rotatable bonds is 4. The number of ketones is 1. The number of piperidine rings is 1. The Kier molecular flexibility index (Phi) is 6.90. The van der Waals surface area contributed by atoms with Gasteiger partial charge in [0.05, 0.1) is 7.11 Å². The second kappa shape index (κ2) is 8.92. The van der Waals surface area contributed by atoms with E-state index < -0.39 is 12.3 Å². The van der Waals surface area contributed by atoms with Crippen molar-refractivity contribution in [2.75, 3.05) is 33.4 Å². The molecule has 0 aromatic heterocycles. The van der Waals surface area contributed by atoms with Crippen molar-refractivity contribution in [3.05, 3.63) is 24.3 Å². The van der Waals surface area contributed by atoms with Gasteiger partial charge in [0.15, 0.2) is 23.4 Å². The van der Waals surface area contributed by atoms with Crippen LogP contribution in [0, 0.1) is 0 Å². The van der Waals surface area contributed by atoms with Gasteiger partial charge >= 0.3 is 6.16 Å². The van der Waals surface area contributed by atoms with Crippen LogP contribution in [0.3, 0.4) is 0 Å². The molecule has 2 unspecified atom stereocenters. The van der Waals surface area contributed by atoms with E-state index >= 15 is 0 Å². The van der Waals surface area contributed by atoms with Crippen molar-refractivity contribution in [1.82, 2.24) is 4.90 Å². The predicted molar refractivity (Wildman–Crippen MR) is 91.6 cm³/mol. The lowest BCUT2D eigenvalue weighted by Gasteiger charge is -2.33. The lowest BCUT2D eigenvalue weighted by Crippen LogP contribution is -2.47. The van der Waals surface area contributed by atoms with E-state index in [9.17, 15) is 9.59 Å². The van der Waals surface area contributed by atoms with E-state index in [1.54, 1.807) is 0 Å². The van der Waals surface area contributed by atoms with Crippen LogP contribution in [0.2, 0.25) is 0 Å². The number of benzene rings is 1. The Morgan fingerprint density at radius 1 is 1.32 bits per heavy atom. The molecule has 0 saturated carbocycles. The summed E-state index contributed by atoms with van der Waals surface area (Å²) in [5, 5.41) is 0. The maximum atomic E-state index is 11.8. The zero-order valence-electron chi connectivity index (χ0n) is 14.0.